The van der Waals surface area contributed by atoms with Gasteiger partial charge in [0, 0.05) is 48.8 Å². The van der Waals surface area contributed by atoms with E-state index in [0.29, 0.717) is 42.0 Å². The number of pyridine rings is 1. The summed E-state index contributed by atoms with van der Waals surface area (Å²) in [5, 5.41) is 21.1. The fourth-order valence-electron chi connectivity index (χ4n) is 6.24. The summed E-state index contributed by atoms with van der Waals surface area (Å²) in [5.74, 6) is 3.21. The summed E-state index contributed by atoms with van der Waals surface area (Å²) in [6, 6.07) is 2.87. The van der Waals surface area contributed by atoms with Crippen LogP contribution >= 0.6 is 0 Å². The van der Waals surface area contributed by atoms with Crippen LogP contribution < -0.4 is 9.47 Å². The Labute approximate surface area is 280 Å². The van der Waals surface area contributed by atoms with Crippen molar-refractivity contribution in [1.29, 1.82) is 0 Å². The van der Waals surface area contributed by atoms with Crippen LogP contribution in [0.3, 0.4) is 0 Å². The summed E-state index contributed by atoms with van der Waals surface area (Å²) in [7, 11) is 0. The van der Waals surface area contributed by atoms with Gasteiger partial charge in [-0.15, -0.1) is 12.8 Å². The second-order valence-corrected chi connectivity index (χ2v) is 12.1. The number of halogens is 2. The van der Waals surface area contributed by atoms with E-state index in [0.717, 1.165) is 37.5 Å². The van der Waals surface area contributed by atoms with E-state index < -0.39 is 23.8 Å². The highest BCUT2D eigenvalue weighted by Crippen LogP contribution is 2.42. The Bertz CT molecular complexity index is 1480. The summed E-state index contributed by atoms with van der Waals surface area (Å²) < 4.78 is 55.5. The first-order valence-electron chi connectivity index (χ1n) is 16.1. The van der Waals surface area contributed by atoms with Crippen LogP contribution in [0.1, 0.15) is 55.3 Å². The van der Waals surface area contributed by atoms with Gasteiger partial charge in [-0.25, -0.2) is 8.78 Å². The largest absolute Gasteiger partial charge is 0.487 e. The number of ether oxygens (including phenoxy) is 5. The van der Waals surface area contributed by atoms with Crippen molar-refractivity contribution in [2.75, 3.05) is 26.4 Å². The SMILES string of the molecule is C#CCOCc1cnc(C)c(OC(=O)CCC[C@H]2CC[C@@H]3[C@@H](/C=C/[C@@H](O)COc4cc(F)ccc4F)[C@H](O)C[C@@H]3OC2)c1COCC#C. The van der Waals surface area contributed by atoms with E-state index in [1.807, 2.05) is 0 Å². The predicted molar refractivity (Wildman–Crippen MR) is 173 cm³/mol. The van der Waals surface area contributed by atoms with E-state index in [4.69, 9.17) is 36.5 Å². The predicted octanol–water partition coefficient (Wildman–Crippen LogP) is 4.83. The van der Waals surface area contributed by atoms with Crippen LogP contribution in [-0.4, -0.2) is 65.9 Å². The standard InChI is InChI=1S/C37H43F2NO8/c1-4-15-44-21-26-19-40-24(3)37(31(26)23-45-16-5-2)48-36(43)8-6-7-25-9-12-30-29(33(42)18-34(30)46-20-25)13-11-28(41)22-47-35-17-27(38)10-14-32(35)39/h1-2,10-11,13-14,17,19,25,28-30,33-34,41-42H,6-9,12,15-16,18,20-23H2,3H3/b13-11+/t25-,28+,29+,30+,33+,34-/m0/s1. The fourth-order valence-corrected chi connectivity index (χ4v) is 6.24. The van der Waals surface area contributed by atoms with Gasteiger partial charge in [0.2, 0.25) is 0 Å². The zero-order valence-electron chi connectivity index (χ0n) is 27.1. The quantitative estimate of drug-likeness (QED) is 0.112. The first-order valence-corrected chi connectivity index (χ1v) is 16.1. The summed E-state index contributed by atoms with van der Waals surface area (Å²) in [5.41, 5.74) is 1.87. The number of aliphatic hydroxyl groups is 2. The molecule has 0 radical (unpaired) electrons. The number of benzene rings is 1. The summed E-state index contributed by atoms with van der Waals surface area (Å²) in [6.07, 6.45) is 17.4. The first-order chi connectivity index (χ1) is 23.2. The van der Waals surface area contributed by atoms with Crippen LogP contribution in [0.15, 0.2) is 36.5 Å². The van der Waals surface area contributed by atoms with Crippen LogP contribution in [0, 0.1) is 61.0 Å². The van der Waals surface area contributed by atoms with E-state index in [1.165, 1.54) is 6.08 Å². The van der Waals surface area contributed by atoms with Crippen molar-refractivity contribution in [2.45, 2.75) is 77.0 Å². The summed E-state index contributed by atoms with van der Waals surface area (Å²) >= 11 is 0. The molecule has 11 heteroatoms. The van der Waals surface area contributed by atoms with Crippen LogP contribution in [0.25, 0.3) is 0 Å². The Morgan fingerprint density at radius 2 is 1.96 bits per heavy atom. The minimum atomic E-state index is -1.08. The van der Waals surface area contributed by atoms with Crippen molar-refractivity contribution in [3.05, 3.63) is 65.0 Å². The lowest BCUT2D eigenvalue weighted by Crippen LogP contribution is -2.22. The topological polar surface area (TPSA) is 117 Å². The van der Waals surface area contributed by atoms with Crippen LogP contribution in [-0.2, 0) is 32.2 Å². The summed E-state index contributed by atoms with van der Waals surface area (Å²) in [4.78, 5) is 17.3. The molecule has 2 heterocycles. The number of nitrogens with zero attached hydrogens (tertiary/aromatic N) is 1. The van der Waals surface area contributed by atoms with Crippen molar-refractivity contribution in [2.24, 2.45) is 17.8 Å². The molecule has 1 saturated heterocycles. The fraction of sp³-hybridized carbons (Fsp3) is 0.514. The number of esters is 1. The van der Waals surface area contributed by atoms with E-state index in [2.05, 4.69) is 16.8 Å². The number of hydrogen-bond donors (Lipinski definition) is 2. The third kappa shape index (κ3) is 10.6. The highest BCUT2D eigenvalue weighted by molar-refractivity contribution is 5.73. The Morgan fingerprint density at radius 3 is 2.73 bits per heavy atom. The Hall–Kier alpha value is -3.84. The number of aryl methyl sites for hydroxylation is 1. The molecule has 6 atom stereocenters. The molecule has 48 heavy (non-hydrogen) atoms. The van der Waals surface area contributed by atoms with Crippen molar-refractivity contribution in [3.8, 4) is 36.2 Å². The molecule has 2 N–H and O–H groups in total. The molecule has 2 aliphatic rings. The van der Waals surface area contributed by atoms with Crippen LogP contribution in [0.5, 0.6) is 11.5 Å². The molecular weight excluding hydrogens is 624 g/mol. The van der Waals surface area contributed by atoms with E-state index >= 15 is 0 Å². The Balaban J connectivity index is 1.26. The molecule has 0 bridgehead atoms. The molecule has 0 spiro atoms. The third-order valence-electron chi connectivity index (χ3n) is 8.69. The maximum absolute atomic E-state index is 13.8. The minimum absolute atomic E-state index is 0.0578. The number of aromatic nitrogens is 1. The highest BCUT2D eigenvalue weighted by atomic mass is 19.1. The van der Waals surface area contributed by atoms with Crippen molar-refractivity contribution < 1.29 is 47.5 Å². The number of aliphatic hydroxyl groups excluding tert-OH is 2. The lowest BCUT2D eigenvalue weighted by molar-refractivity contribution is -0.134. The molecule has 4 rings (SSSR count). The van der Waals surface area contributed by atoms with Gasteiger partial charge in [-0.2, -0.15) is 0 Å². The monoisotopic (exact) mass is 667 g/mol. The molecule has 2 aromatic rings. The average molecular weight is 668 g/mol. The molecule has 258 valence electrons. The second-order valence-electron chi connectivity index (χ2n) is 12.1. The number of carbonyl (C=O) groups excluding carboxylic acids is 1. The van der Waals surface area contributed by atoms with Gasteiger partial charge >= 0.3 is 5.97 Å². The molecule has 1 saturated carbocycles. The molecule has 1 aromatic carbocycles. The Morgan fingerprint density at radius 1 is 1.19 bits per heavy atom. The number of carbonyl (C=O) groups is 1. The maximum Gasteiger partial charge on any atom is 0.311 e. The molecule has 0 amide bonds. The van der Waals surface area contributed by atoms with E-state index in [-0.39, 0.29) is 75.0 Å². The van der Waals surface area contributed by atoms with Gasteiger partial charge in [0.25, 0.3) is 0 Å². The van der Waals surface area contributed by atoms with Gasteiger partial charge in [-0.1, -0.05) is 24.0 Å². The highest BCUT2D eigenvalue weighted by Gasteiger charge is 2.43. The molecule has 1 aromatic heterocycles. The van der Waals surface area contributed by atoms with Crippen LogP contribution in [0.2, 0.25) is 0 Å². The van der Waals surface area contributed by atoms with Gasteiger partial charge in [-0.3, -0.25) is 9.78 Å². The molecule has 2 fully saturated rings. The van der Waals surface area contributed by atoms with Gasteiger partial charge in [0.15, 0.2) is 17.3 Å². The van der Waals surface area contributed by atoms with Crippen LogP contribution in [0.4, 0.5) is 8.78 Å². The van der Waals surface area contributed by atoms with Gasteiger partial charge in [0.05, 0.1) is 31.1 Å². The minimum Gasteiger partial charge on any atom is -0.487 e. The van der Waals surface area contributed by atoms with Crippen molar-refractivity contribution >= 4 is 5.97 Å². The molecule has 1 aliphatic carbocycles. The Kier molecular flexibility index (Phi) is 14.4. The number of rotatable bonds is 16. The number of terminal acetylenes is 2. The maximum atomic E-state index is 13.8. The number of fused-ring (bicyclic) bond motifs is 1. The molecular formula is C37H43F2NO8. The lowest BCUT2D eigenvalue weighted by Gasteiger charge is -2.21. The molecule has 0 unspecified atom stereocenters. The van der Waals surface area contributed by atoms with Gasteiger partial charge < -0.3 is 33.9 Å². The second kappa shape index (κ2) is 18.6. The zero-order chi connectivity index (χ0) is 34.5. The summed E-state index contributed by atoms with van der Waals surface area (Å²) in [6.45, 7) is 2.53. The first kappa shape index (κ1) is 37.0. The smallest absolute Gasteiger partial charge is 0.311 e. The molecule has 9 nitrogen and oxygen atoms in total. The lowest BCUT2D eigenvalue weighted by atomic mass is 9.86. The third-order valence-corrected chi connectivity index (χ3v) is 8.69. The average Bonchev–Trinajstić information content (AvgIpc) is 3.23. The van der Waals surface area contributed by atoms with Crippen molar-refractivity contribution in [1.82, 2.24) is 4.98 Å². The molecule has 1 aliphatic heterocycles. The van der Waals surface area contributed by atoms with E-state index in [1.54, 1.807) is 19.2 Å². The zero-order valence-corrected chi connectivity index (χ0v) is 27.1. The van der Waals surface area contributed by atoms with Gasteiger partial charge in [0.1, 0.15) is 31.7 Å². The normalized spacial score (nSPS) is 22.8. The number of hydrogen-bond acceptors (Lipinski definition) is 9. The van der Waals surface area contributed by atoms with Crippen molar-refractivity contribution in [3.63, 3.8) is 0 Å². The van der Waals surface area contributed by atoms with E-state index in [9.17, 15) is 23.8 Å². The van der Waals surface area contributed by atoms with Gasteiger partial charge in [-0.05, 0) is 56.6 Å².